The number of anilines is 5. The normalized spacial score (nSPS) is 13.6. The summed E-state index contributed by atoms with van der Waals surface area (Å²) in [5.41, 5.74) is 2.31. The highest BCUT2D eigenvalue weighted by Gasteiger charge is 2.14. The molecule has 154 valence electrons. The standard InChI is InChI=1S/C22H24N6O2/c1-16-23-20(15-21(24-16)28-11-13-30-14-12-28)25-18-7-9-19(10-8-18)27-22(29)26-17-5-3-2-4-6-17/h2-10,15H,11-14H2,1H3,(H,23,24,25)(H2,26,27,29). The molecule has 1 saturated heterocycles. The fourth-order valence-corrected chi connectivity index (χ4v) is 3.17. The van der Waals surface area contributed by atoms with Crippen LogP contribution in [0.4, 0.5) is 33.5 Å². The van der Waals surface area contributed by atoms with Gasteiger partial charge in [0, 0.05) is 36.2 Å². The largest absolute Gasteiger partial charge is 0.378 e. The Hall–Kier alpha value is -3.65. The van der Waals surface area contributed by atoms with Crippen molar-refractivity contribution >= 4 is 34.7 Å². The molecule has 8 nitrogen and oxygen atoms in total. The smallest absolute Gasteiger partial charge is 0.323 e. The molecule has 8 heteroatoms. The fourth-order valence-electron chi connectivity index (χ4n) is 3.17. The lowest BCUT2D eigenvalue weighted by Gasteiger charge is -2.28. The van der Waals surface area contributed by atoms with Crippen LogP contribution in [0.5, 0.6) is 0 Å². The number of urea groups is 1. The first-order valence-corrected chi connectivity index (χ1v) is 9.84. The minimum absolute atomic E-state index is 0.288. The molecular weight excluding hydrogens is 380 g/mol. The van der Waals surface area contributed by atoms with E-state index >= 15 is 0 Å². The molecule has 1 fully saturated rings. The molecule has 1 aromatic heterocycles. The molecule has 0 radical (unpaired) electrons. The number of aromatic nitrogens is 2. The van der Waals surface area contributed by atoms with E-state index in [0.29, 0.717) is 24.7 Å². The Balaban J connectivity index is 1.38. The summed E-state index contributed by atoms with van der Waals surface area (Å²) in [6.45, 7) is 4.94. The van der Waals surface area contributed by atoms with E-state index in [9.17, 15) is 4.79 Å². The van der Waals surface area contributed by atoms with Crippen LogP contribution in [0.3, 0.4) is 0 Å². The Morgan fingerprint density at radius 2 is 1.53 bits per heavy atom. The lowest BCUT2D eigenvalue weighted by molar-refractivity contribution is 0.122. The number of carbonyl (C=O) groups is 1. The first-order chi connectivity index (χ1) is 14.7. The van der Waals surface area contributed by atoms with Crippen LogP contribution in [-0.4, -0.2) is 42.3 Å². The molecule has 1 aliphatic rings. The monoisotopic (exact) mass is 404 g/mol. The van der Waals surface area contributed by atoms with Gasteiger partial charge in [-0.3, -0.25) is 0 Å². The number of rotatable bonds is 5. The topological polar surface area (TPSA) is 91.4 Å². The van der Waals surface area contributed by atoms with Gasteiger partial charge < -0.3 is 25.6 Å². The molecule has 3 aromatic rings. The van der Waals surface area contributed by atoms with E-state index in [1.54, 1.807) is 0 Å². The van der Waals surface area contributed by atoms with E-state index in [1.165, 1.54) is 0 Å². The number of carbonyl (C=O) groups excluding carboxylic acids is 1. The number of hydrogen-bond donors (Lipinski definition) is 3. The number of ether oxygens (including phenoxy) is 1. The quantitative estimate of drug-likeness (QED) is 0.595. The van der Waals surface area contributed by atoms with Crippen molar-refractivity contribution in [1.29, 1.82) is 0 Å². The lowest BCUT2D eigenvalue weighted by atomic mass is 10.2. The number of hydrogen-bond acceptors (Lipinski definition) is 6. The Kier molecular flexibility index (Phi) is 6.05. The van der Waals surface area contributed by atoms with Gasteiger partial charge in [0.2, 0.25) is 0 Å². The number of para-hydroxylation sites is 1. The second kappa shape index (κ2) is 9.23. The van der Waals surface area contributed by atoms with Crippen molar-refractivity contribution < 1.29 is 9.53 Å². The highest BCUT2D eigenvalue weighted by atomic mass is 16.5. The van der Waals surface area contributed by atoms with Crippen molar-refractivity contribution in [1.82, 2.24) is 9.97 Å². The van der Waals surface area contributed by atoms with Gasteiger partial charge in [0.15, 0.2) is 0 Å². The number of amides is 2. The highest BCUT2D eigenvalue weighted by molar-refractivity contribution is 5.99. The zero-order chi connectivity index (χ0) is 20.8. The van der Waals surface area contributed by atoms with Crippen molar-refractivity contribution in [2.45, 2.75) is 6.92 Å². The van der Waals surface area contributed by atoms with Crippen LogP contribution in [0.2, 0.25) is 0 Å². The molecule has 0 spiro atoms. The Morgan fingerprint density at radius 3 is 2.23 bits per heavy atom. The van der Waals surface area contributed by atoms with E-state index < -0.39 is 0 Å². The van der Waals surface area contributed by atoms with Crippen LogP contribution in [-0.2, 0) is 4.74 Å². The predicted molar refractivity (Wildman–Crippen MR) is 119 cm³/mol. The Morgan fingerprint density at radius 1 is 0.900 bits per heavy atom. The third-order valence-electron chi connectivity index (χ3n) is 4.61. The van der Waals surface area contributed by atoms with Gasteiger partial charge in [-0.15, -0.1) is 0 Å². The van der Waals surface area contributed by atoms with E-state index in [-0.39, 0.29) is 6.03 Å². The Labute approximate surface area is 175 Å². The summed E-state index contributed by atoms with van der Waals surface area (Å²) in [5.74, 6) is 2.33. The Bertz CT molecular complexity index is 988. The maximum Gasteiger partial charge on any atom is 0.323 e. The molecular formula is C22H24N6O2. The van der Waals surface area contributed by atoms with Gasteiger partial charge in [-0.05, 0) is 43.3 Å². The number of aryl methyl sites for hydroxylation is 1. The van der Waals surface area contributed by atoms with Crippen LogP contribution in [0.1, 0.15) is 5.82 Å². The summed E-state index contributed by atoms with van der Waals surface area (Å²) >= 11 is 0. The zero-order valence-electron chi connectivity index (χ0n) is 16.8. The first-order valence-electron chi connectivity index (χ1n) is 9.84. The third kappa shape index (κ3) is 5.24. The van der Waals surface area contributed by atoms with Gasteiger partial charge in [0.25, 0.3) is 0 Å². The molecule has 2 amide bonds. The van der Waals surface area contributed by atoms with Crippen LogP contribution in [0.15, 0.2) is 60.7 Å². The SMILES string of the molecule is Cc1nc(Nc2ccc(NC(=O)Nc3ccccc3)cc2)cc(N2CCOCC2)n1. The van der Waals surface area contributed by atoms with Crippen molar-refractivity contribution in [2.24, 2.45) is 0 Å². The fraction of sp³-hybridized carbons (Fsp3) is 0.227. The maximum absolute atomic E-state index is 12.1. The van der Waals surface area contributed by atoms with Gasteiger partial charge in [0.1, 0.15) is 17.5 Å². The summed E-state index contributed by atoms with van der Waals surface area (Å²) in [6.07, 6.45) is 0. The van der Waals surface area contributed by atoms with Crippen LogP contribution in [0, 0.1) is 6.92 Å². The molecule has 0 atom stereocenters. The zero-order valence-corrected chi connectivity index (χ0v) is 16.8. The number of nitrogens with zero attached hydrogens (tertiary/aromatic N) is 3. The molecule has 3 N–H and O–H groups in total. The molecule has 1 aliphatic heterocycles. The molecule has 2 heterocycles. The maximum atomic E-state index is 12.1. The average Bonchev–Trinajstić information content (AvgIpc) is 2.76. The molecule has 0 bridgehead atoms. The second-order valence-corrected chi connectivity index (χ2v) is 6.91. The van der Waals surface area contributed by atoms with Crippen LogP contribution in [0.25, 0.3) is 0 Å². The highest BCUT2D eigenvalue weighted by Crippen LogP contribution is 2.22. The number of morpholine rings is 1. The van der Waals surface area contributed by atoms with E-state index in [2.05, 4.69) is 30.8 Å². The van der Waals surface area contributed by atoms with Gasteiger partial charge in [0.05, 0.1) is 13.2 Å². The summed E-state index contributed by atoms with van der Waals surface area (Å²) in [4.78, 5) is 23.3. The summed E-state index contributed by atoms with van der Waals surface area (Å²) in [6, 6.07) is 18.4. The first kappa shape index (κ1) is 19.7. The van der Waals surface area contributed by atoms with Crippen LogP contribution >= 0.6 is 0 Å². The summed E-state index contributed by atoms with van der Waals surface area (Å²) in [7, 11) is 0. The average molecular weight is 404 g/mol. The van der Waals surface area contributed by atoms with E-state index in [1.807, 2.05) is 67.6 Å². The summed E-state index contributed by atoms with van der Waals surface area (Å²) < 4.78 is 5.41. The minimum atomic E-state index is -0.288. The van der Waals surface area contributed by atoms with Gasteiger partial charge in [-0.1, -0.05) is 18.2 Å². The molecule has 4 rings (SSSR count). The van der Waals surface area contributed by atoms with Crippen molar-refractivity contribution in [2.75, 3.05) is 47.2 Å². The number of nitrogens with one attached hydrogen (secondary N) is 3. The minimum Gasteiger partial charge on any atom is -0.378 e. The van der Waals surface area contributed by atoms with Gasteiger partial charge in [-0.25, -0.2) is 14.8 Å². The van der Waals surface area contributed by atoms with E-state index in [4.69, 9.17) is 4.74 Å². The van der Waals surface area contributed by atoms with Crippen molar-refractivity contribution in [3.8, 4) is 0 Å². The molecule has 2 aromatic carbocycles. The van der Waals surface area contributed by atoms with E-state index in [0.717, 1.165) is 36.1 Å². The molecule has 0 aliphatic carbocycles. The third-order valence-corrected chi connectivity index (χ3v) is 4.61. The van der Waals surface area contributed by atoms with Crippen molar-refractivity contribution in [3.05, 3.63) is 66.5 Å². The van der Waals surface area contributed by atoms with Gasteiger partial charge >= 0.3 is 6.03 Å². The number of benzene rings is 2. The second-order valence-electron chi connectivity index (χ2n) is 6.91. The lowest BCUT2D eigenvalue weighted by Crippen LogP contribution is -2.36. The van der Waals surface area contributed by atoms with Crippen LogP contribution < -0.4 is 20.9 Å². The van der Waals surface area contributed by atoms with Crippen molar-refractivity contribution in [3.63, 3.8) is 0 Å². The molecule has 0 unspecified atom stereocenters. The van der Waals surface area contributed by atoms with Gasteiger partial charge in [-0.2, -0.15) is 0 Å². The summed E-state index contributed by atoms with van der Waals surface area (Å²) in [5, 5.41) is 8.92. The predicted octanol–water partition coefficient (Wildman–Crippen LogP) is 4.01. The molecule has 0 saturated carbocycles. The molecule has 30 heavy (non-hydrogen) atoms.